The maximum atomic E-state index is 10.1. The second kappa shape index (κ2) is 3.92. The van der Waals surface area contributed by atoms with E-state index in [1.165, 1.54) is 5.39 Å². The van der Waals surface area contributed by atoms with Crippen LogP contribution in [-0.2, 0) is 4.79 Å². The molecule has 1 N–H and O–H groups in total. The lowest BCUT2D eigenvalue weighted by Gasteiger charge is -1.95. The molecule has 2 heteroatoms. The van der Waals surface area contributed by atoms with E-state index in [2.05, 4.69) is 11.1 Å². The van der Waals surface area contributed by atoms with E-state index in [4.69, 9.17) is 0 Å². The summed E-state index contributed by atoms with van der Waals surface area (Å²) in [7, 11) is 0. The molecule has 1 heterocycles. The Labute approximate surface area is 82.3 Å². The van der Waals surface area contributed by atoms with Crippen molar-refractivity contribution in [3.63, 3.8) is 0 Å². The molecule has 0 fully saturated rings. The standard InChI is InChI=1S/C12H11NO/c14-9-2-1-4-10-5-3-6-11-7-8-13-12(10)11/h1,3-9,13H,2H2. The molecule has 2 rings (SSSR count). The number of rotatable bonds is 3. The molecule has 14 heavy (non-hydrogen) atoms. The first kappa shape index (κ1) is 8.75. The molecule has 0 saturated heterocycles. The Balaban J connectivity index is 2.41. The fourth-order valence-corrected chi connectivity index (χ4v) is 1.50. The third-order valence-electron chi connectivity index (χ3n) is 2.15. The second-order valence-corrected chi connectivity index (χ2v) is 3.09. The number of carbonyl (C=O) groups is 1. The number of hydrogen-bond donors (Lipinski definition) is 1. The predicted molar refractivity (Wildman–Crippen MR) is 58.0 cm³/mol. The van der Waals surface area contributed by atoms with E-state index in [-0.39, 0.29) is 0 Å². The summed E-state index contributed by atoms with van der Waals surface area (Å²) in [6.07, 6.45) is 7.11. The van der Waals surface area contributed by atoms with Gasteiger partial charge in [-0.1, -0.05) is 30.4 Å². The number of carbonyl (C=O) groups excluding carboxylic acids is 1. The van der Waals surface area contributed by atoms with Crippen LogP contribution in [0.15, 0.2) is 36.5 Å². The van der Waals surface area contributed by atoms with Crippen LogP contribution < -0.4 is 0 Å². The van der Waals surface area contributed by atoms with Gasteiger partial charge in [-0.15, -0.1) is 0 Å². The number of allylic oxidation sites excluding steroid dienone is 1. The normalized spacial score (nSPS) is 11.1. The van der Waals surface area contributed by atoms with E-state index in [0.717, 1.165) is 17.4 Å². The summed E-state index contributed by atoms with van der Waals surface area (Å²) < 4.78 is 0. The maximum Gasteiger partial charge on any atom is 0.123 e. The van der Waals surface area contributed by atoms with Crippen LogP contribution in [-0.4, -0.2) is 11.3 Å². The van der Waals surface area contributed by atoms with E-state index in [9.17, 15) is 4.79 Å². The zero-order chi connectivity index (χ0) is 9.80. The average Bonchev–Trinajstić information content (AvgIpc) is 2.67. The Hall–Kier alpha value is -1.83. The third kappa shape index (κ3) is 1.59. The fourth-order valence-electron chi connectivity index (χ4n) is 1.50. The summed E-state index contributed by atoms with van der Waals surface area (Å²) in [4.78, 5) is 13.3. The van der Waals surface area contributed by atoms with Crippen LogP contribution in [0.25, 0.3) is 17.0 Å². The summed E-state index contributed by atoms with van der Waals surface area (Å²) in [6.45, 7) is 0. The number of hydrogen-bond acceptors (Lipinski definition) is 1. The van der Waals surface area contributed by atoms with Crippen molar-refractivity contribution in [1.82, 2.24) is 4.98 Å². The smallest absolute Gasteiger partial charge is 0.123 e. The van der Waals surface area contributed by atoms with Crippen molar-refractivity contribution < 1.29 is 4.79 Å². The van der Waals surface area contributed by atoms with Crippen LogP contribution in [0.2, 0.25) is 0 Å². The molecular weight excluding hydrogens is 174 g/mol. The monoisotopic (exact) mass is 185 g/mol. The van der Waals surface area contributed by atoms with E-state index >= 15 is 0 Å². The number of aldehydes is 1. The number of nitrogens with one attached hydrogen (secondary N) is 1. The molecule has 0 saturated carbocycles. The van der Waals surface area contributed by atoms with Crippen molar-refractivity contribution in [3.05, 3.63) is 42.1 Å². The average molecular weight is 185 g/mol. The quantitative estimate of drug-likeness (QED) is 0.733. The molecule has 0 aliphatic heterocycles. The van der Waals surface area contributed by atoms with Gasteiger partial charge in [0, 0.05) is 12.6 Å². The fraction of sp³-hybridized carbons (Fsp3) is 0.0833. The maximum absolute atomic E-state index is 10.1. The molecule has 0 aliphatic carbocycles. The molecule has 1 aromatic heterocycles. The van der Waals surface area contributed by atoms with Crippen LogP contribution in [0.4, 0.5) is 0 Å². The lowest BCUT2D eigenvalue weighted by Crippen LogP contribution is -1.75. The number of benzene rings is 1. The summed E-state index contributed by atoms with van der Waals surface area (Å²) >= 11 is 0. The highest BCUT2D eigenvalue weighted by Gasteiger charge is 1.96. The zero-order valence-corrected chi connectivity index (χ0v) is 7.73. The molecule has 0 amide bonds. The van der Waals surface area contributed by atoms with Gasteiger partial charge in [0.05, 0.1) is 5.52 Å². The Morgan fingerprint density at radius 1 is 1.29 bits per heavy atom. The summed E-state index contributed by atoms with van der Waals surface area (Å²) in [6, 6.07) is 8.13. The summed E-state index contributed by atoms with van der Waals surface area (Å²) in [5.41, 5.74) is 2.24. The van der Waals surface area contributed by atoms with Gasteiger partial charge in [-0.05, 0) is 17.0 Å². The minimum absolute atomic E-state index is 0.469. The zero-order valence-electron chi connectivity index (χ0n) is 7.73. The Morgan fingerprint density at radius 2 is 2.21 bits per heavy atom. The number of para-hydroxylation sites is 1. The topological polar surface area (TPSA) is 32.9 Å². The highest BCUT2D eigenvalue weighted by molar-refractivity contribution is 5.87. The second-order valence-electron chi connectivity index (χ2n) is 3.09. The van der Waals surface area contributed by atoms with E-state index in [1.54, 1.807) is 0 Å². The van der Waals surface area contributed by atoms with Gasteiger partial charge in [0.25, 0.3) is 0 Å². The molecule has 2 aromatic rings. The molecule has 0 bridgehead atoms. The lowest BCUT2D eigenvalue weighted by atomic mass is 10.1. The van der Waals surface area contributed by atoms with E-state index in [0.29, 0.717) is 6.42 Å². The molecule has 0 spiro atoms. The molecule has 2 nitrogen and oxygen atoms in total. The first-order chi connectivity index (χ1) is 6.92. The van der Waals surface area contributed by atoms with Crippen LogP contribution in [0.3, 0.4) is 0 Å². The van der Waals surface area contributed by atoms with Crippen molar-refractivity contribution >= 4 is 23.3 Å². The lowest BCUT2D eigenvalue weighted by molar-refractivity contribution is -0.107. The van der Waals surface area contributed by atoms with Gasteiger partial charge in [0.2, 0.25) is 0 Å². The molecular formula is C12H11NO. The Morgan fingerprint density at radius 3 is 3.07 bits per heavy atom. The third-order valence-corrected chi connectivity index (χ3v) is 2.15. The Bertz CT molecular complexity index is 468. The van der Waals surface area contributed by atoms with Gasteiger partial charge in [0.1, 0.15) is 6.29 Å². The minimum atomic E-state index is 0.469. The summed E-state index contributed by atoms with van der Waals surface area (Å²) in [5.74, 6) is 0. The van der Waals surface area contributed by atoms with Crippen molar-refractivity contribution in [2.45, 2.75) is 6.42 Å². The van der Waals surface area contributed by atoms with Crippen LogP contribution >= 0.6 is 0 Å². The van der Waals surface area contributed by atoms with E-state index < -0.39 is 0 Å². The van der Waals surface area contributed by atoms with Crippen molar-refractivity contribution in [2.24, 2.45) is 0 Å². The van der Waals surface area contributed by atoms with Crippen molar-refractivity contribution in [2.75, 3.05) is 0 Å². The largest absolute Gasteiger partial charge is 0.361 e. The molecule has 70 valence electrons. The highest BCUT2D eigenvalue weighted by atomic mass is 16.1. The molecule has 0 atom stereocenters. The first-order valence-corrected chi connectivity index (χ1v) is 4.58. The first-order valence-electron chi connectivity index (χ1n) is 4.58. The van der Waals surface area contributed by atoms with Crippen molar-refractivity contribution in [1.29, 1.82) is 0 Å². The van der Waals surface area contributed by atoms with Gasteiger partial charge in [-0.25, -0.2) is 0 Å². The van der Waals surface area contributed by atoms with E-state index in [1.807, 2.05) is 36.5 Å². The predicted octanol–water partition coefficient (Wildman–Crippen LogP) is 2.77. The van der Waals surface area contributed by atoms with Gasteiger partial charge < -0.3 is 9.78 Å². The van der Waals surface area contributed by atoms with Crippen LogP contribution in [0, 0.1) is 0 Å². The number of aromatic nitrogens is 1. The summed E-state index contributed by atoms with van der Waals surface area (Å²) in [5, 5.41) is 1.19. The van der Waals surface area contributed by atoms with Crippen LogP contribution in [0.5, 0.6) is 0 Å². The number of fused-ring (bicyclic) bond motifs is 1. The molecule has 0 radical (unpaired) electrons. The van der Waals surface area contributed by atoms with Gasteiger partial charge in [-0.3, -0.25) is 0 Å². The molecule has 0 aliphatic rings. The van der Waals surface area contributed by atoms with Crippen LogP contribution in [0.1, 0.15) is 12.0 Å². The minimum Gasteiger partial charge on any atom is -0.361 e. The molecule has 1 aromatic carbocycles. The van der Waals surface area contributed by atoms with Gasteiger partial charge >= 0.3 is 0 Å². The Kier molecular flexibility index (Phi) is 2.45. The van der Waals surface area contributed by atoms with Crippen molar-refractivity contribution in [3.8, 4) is 0 Å². The number of H-pyrrole nitrogens is 1. The molecule has 0 unspecified atom stereocenters. The highest BCUT2D eigenvalue weighted by Crippen LogP contribution is 2.17. The number of aromatic amines is 1. The van der Waals surface area contributed by atoms with Gasteiger partial charge in [-0.2, -0.15) is 0 Å². The SMILES string of the molecule is O=CCC=Cc1cccc2cc[nH]c12. The van der Waals surface area contributed by atoms with Gasteiger partial charge in [0.15, 0.2) is 0 Å².